The van der Waals surface area contributed by atoms with Crippen LogP contribution in [0.1, 0.15) is 12.8 Å². The van der Waals surface area contributed by atoms with Crippen molar-refractivity contribution in [1.82, 2.24) is 0 Å². The van der Waals surface area contributed by atoms with Crippen molar-refractivity contribution in [3.05, 3.63) is 47.3 Å². The van der Waals surface area contributed by atoms with E-state index in [9.17, 15) is 30.4 Å². The third-order valence-corrected chi connectivity index (χ3v) is 4.87. The molecule has 2 aromatic carbocycles. The summed E-state index contributed by atoms with van der Waals surface area (Å²) in [5.41, 5.74) is -0.470. The van der Waals surface area contributed by atoms with Crippen LogP contribution in [0.15, 0.2) is 23.1 Å². The van der Waals surface area contributed by atoms with E-state index in [4.69, 9.17) is 9.84 Å². The van der Waals surface area contributed by atoms with Crippen LogP contribution in [0.5, 0.6) is 11.5 Å². The molecule has 2 N–H and O–H groups in total. The minimum absolute atomic E-state index is 0.399. The average Bonchev–Trinajstić information content (AvgIpc) is 3.37. The molecule has 0 aliphatic heterocycles. The van der Waals surface area contributed by atoms with Crippen molar-refractivity contribution >= 4 is 15.7 Å². The first kappa shape index (κ1) is 18.2. The predicted molar refractivity (Wildman–Crippen MR) is 78.8 cm³/mol. The quantitative estimate of drug-likeness (QED) is 0.352. The van der Waals surface area contributed by atoms with Crippen LogP contribution in [-0.2, 0) is 10.0 Å². The number of rotatable bonds is 5. The highest BCUT2D eigenvalue weighted by Crippen LogP contribution is 2.38. The van der Waals surface area contributed by atoms with E-state index in [-0.39, 0.29) is 0 Å². The van der Waals surface area contributed by atoms with Crippen LogP contribution in [0.4, 0.5) is 27.6 Å². The van der Waals surface area contributed by atoms with Gasteiger partial charge in [0.1, 0.15) is 0 Å². The van der Waals surface area contributed by atoms with Crippen molar-refractivity contribution in [2.45, 2.75) is 23.8 Å². The number of halogens is 5. The summed E-state index contributed by atoms with van der Waals surface area (Å²) in [4.78, 5) is -1.57. The Bertz CT molecular complexity index is 992. The van der Waals surface area contributed by atoms with Crippen molar-refractivity contribution in [2.24, 2.45) is 0 Å². The second-order valence-electron chi connectivity index (χ2n) is 5.50. The van der Waals surface area contributed by atoms with Crippen LogP contribution < -0.4 is 9.46 Å². The topological polar surface area (TPSA) is 75.6 Å². The van der Waals surface area contributed by atoms with Gasteiger partial charge in [-0.1, -0.05) is 0 Å². The molecule has 0 radical (unpaired) electrons. The van der Waals surface area contributed by atoms with Gasteiger partial charge in [0.2, 0.25) is 11.6 Å². The fraction of sp³-hybridized carbons (Fsp3) is 0.200. The molecule has 0 unspecified atom stereocenters. The molecule has 0 spiro atoms. The Kier molecular flexibility index (Phi) is 4.42. The summed E-state index contributed by atoms with van der Waals surface area (Å²) in [5.74, 6) is -12.0. The lowest BCUT2D eigenvalue weighted by atomic mass is 10.3. The van der Waals surface area contributed by atoms with Gasteiger partial charge in [0.25, 0.3) is 10.0 Å². The molecule has 0 heterocycles. The SMILES string of the molecule is O=S(=O)(Nc1ccc(O)c(F)c1)c1c(F)c(F)c(F)c(F)c1OC1CC1. The lowest BCUT2D eigenvalue weighted by Crippen LogP contribution is -2.19. The maximum Gasteiger partial charge on any atom is 0.268 e. The van der Waals surface area contributed by atoms with Crippen LogP contribution >= 0.6 is 0 Å². The number of benzene rings is 2. The lowest BCUT2D eigenvalue weighted by Gasteiger charge is -2.15. The number of hydrogen-bond acceptors (Lipinski definition) is 4. The molecule has 3 rings (SSSR count). The predicted octanol–water partition coefficient (Wildman–Crippen LogP) is 3.43. The van der Waals surface area contributed by atoms with Gasteiger partial charge in [0.15, 0.2) is 33.8 Å². The third-order valence-electron chi connectivity index (χ3n) is 3.46. The summed E-state index contributed by atoms with van der Waals surface area (Å²) in [6.07, 6.45) is 0.139. The van der Waals surface area contributed by atoms with E-state index in [2.05, 4.69) is 0 Å². The second-order valence-corrected chi connectivity index (χ2v) is 7.12. The Morgan fingerprint density at radius 1 is 1.00 bits per heavy atom. The molecule has 26 heavy (non-hydrogen) atoms. The first-order valence-electron chi connectivity index (χ1n) is 7.15. The molecule has 0 saturated heterocycles. The van der Waals surface area contributed by atoms with Gasteiger partial charge in [-0.3, -0.25) is 4.72 Å². The molecule has 1 aliphatic carbocycles. The number of sulfonamides is 1. The summed E-state index contributed by atoms with van der Waals surface area (Å²) < 4.78 is 99.8. The summed E-state index contributed by atoms with van der Waals surface area (Å²) in [7, 11) is -5.03. The summed E-state index contributed by atoms with van der Waals surface area (Å²) >= 11 is 0. The zero-order valence-corrected chi connectivity index (χ0v) is 13.5. The van der Waals surface area contributed by atoms with Crippen molar-refractivity contribution < 1.29 is 40.2 Å². The summed E-state index contributed by atoms with van der Waals surface area (Å²) in [6.45, 7) is 0. The summed E-state index contributed by atoms with van der Waals surface area (Å²) in [5, 5.41) is 9.08. The van der Waals surface area contributed by atoms with Crippen LogP contribution in [-0.4, -0.2) is 19.6 Å². The van der Waals surface area contributed by atoms with Gasteiger partial charge in [0.05, 0.1) is 11.8 Å². The molecule has 0 bridgehead atoms. The van der Waals surface area contributed by atoms with E-state index in [1.165, 1.54) is 0 Å². The fourth-order valence-electron chi connectivity index (χ4n) is 2.07. The van der Waals surface area contributed by atoms with Crippen LogP contribution in [0.3, 0.4) is 0 Å². The molecule has 1 aliphatic rings. The first-order chi connectivity index (χ1) is 12.1. The fourth-order valence-corrected chi connectivity index (χ4v) is 3.31. The number of phenols is 1. The Labute approximate surface area is 144 Å². The number of ether oxygens (including phenoxy) is 1. The van der Waals surface area contributed by atoms with Crippen LogP contribution in [0, 0.1) is 29.1 Å². The Hall–Kier alpha value is -2.56. The highest BCUT2D eigenvalue weighted by Gasteiger charge is 2.37. The smallest absolute Gasteiger partial charge is 0.268 e. The monoisotopic (exact) mass is 395 g/mol. The molecular weight excluding hydrogens is 385 g/mol. The zero-order chi connectivity index (χ0) is 19.2. The first-order valence-corrected chi connectivity index (χ1v) is 8.64. The van der Waals surface area contributed by atoms with Gasteiger partial charge >= 0.3 is 0 Å². The largest absolute Gasteiger partial charge is 0.505 e. The van der Waals surface area contributed by atoms with E-state index in [0.717, 1.165) is 12.1 Å². The molecule has 5 nitrogen and oxygen atoms in total. The molecule has 0 aromatic heterocycles. The van der Waals surface area contributed by atoms with Crippen molar-refractivity contribution in [2.75, 3.05) is 4.72 Å². The number of anilines is 1. The molecular formula is C15H10F5NO4S. The number of hydrogen-bond donors (Lipinski definition) is 2. The van der Waals surface area contributed by atoms with Gasteiger partial charge < -0.3 is 9.84 Å². The molecule has 0 amide bonds. The van der Waals surface area contributed by atoms with Crippen molar-refractivity contribution in [1.29, 1.82) is 0 Å². The minimum atomic E-state index is -5.03. The van der Waals surface area contributed by atoms with E-state index in [0.29, 0.717) is 18.9 Å². The molecule has 1 fully saturated rings. The van der Waals surface area contributed by atoms with Crippen LogP contribution in [0.25, 0.3) is 0 Å². The number of phenolic OH excluding ortho intramolecular Hbond substituents is 1. The van der Waals surface area contributed by atoms with E-state index in [1.807, 2.05) is 0 Å². The molecule has 0 atom stereocenters. The number of nitrogens with one attached hydrogen (secondary N) is 1. The van der Waals surface area contributed by atoms with E-state index >= 15 is 0 Å². The van der Waals surface area contributed by atoms with E-state index < -0.39 is 67.3 Å². The van der Waals surface area contributed by atoms with Crippen LogP contribution in [0.2, 0.25) is 0 Å². The molecule has 1 saturated carbocycles. The van der Waals surface area contributed by atoms with Gasteiger partial charge in [-0.05, 0) is 25.0 Å². The Balaban J connectivity index is 2.12. The maximum atomic E-state index is 14.1. The van der Waals surface area contributed by atoms with Crippen molar-refractivity contribution in [3.8, 4) is 11.5 Å². The summed E-state index contributed by atoms with van der Waals surface area (Å²) in [6, 6.07) is 2.28. The maximum absolute atomic E-state index is 14.1. The van der Waals surface area contributed by atoms with E-state index in [1.54, 1.807) is 4.72 Å². The standard InChI is InChI=1S/C15H10F5NO4S/c16-8-5-6(1-4-9(8)22)21-26(23,24)15-13(20)11(18)10(17)12(19)14(15)25-7-2-3-7/h1,4-5,7,21-22H,2-3H2. The van der Waals surface area contributed by atoms with Gasteiger partial charge in [-0.2, -0.15) is 4.39 Å². The van der Waals surface area contributed by atoms with Gasteiger partial charge in [-0.25, -0.2) is 26.0 Å². The molecule has 11 heteroatoms. The lowest BCUT2D eigenvalue weighted by molar-refractivity contribution is 0.262. The zero-order valence-electron chi connectivity index (χ0n) is 12.7. The molecule has 2 aromatic rings. The number of aromatic hydroxyl groups is 1. The Morgan fingerprint density at radius 3 is 2.19 bits per heavy atom. The Morgan fingerprint density at radius 2 is 1.62 bits per heavy atom. The van der Waals surface area contributed by atoms with Gasteiger partial charge in [-0.15, -0.1) is 0 Å². The molecule has 140 valence electrons. The van der Waals surface area contributed by atoms with Crippen molar-refractivity contribution in [3.63, 3.8) is 0 Å². The second kappa shape index (κ2) is 6.31. The van der Waals surface area contributed by atoms with Gasteiger partial charge in [0, 0.05) is 6.07 Å². The average molecular weight is 395 g/mol. The highest BCUT2D eigenvalue weighted by atomic mass is 32.2. The minimum Gasteiger partial charge on any atom is -0.505 e. The normalized spacial score (nSPS) is 14.3. The highest BCUT2D eigenvalue weighted by molar-refractivity contribution is 7.92. The third kappa shape index (κ3) is 3.26.